The van der Waals surface area contributed by atoms with Gasteiger partial charge < -0.3 is 14.2 Å². The van der Waals surface area contributed by atoms with Crippen molar-refractivity contribution in [1.82, 2.24) is 0 Å². The molecule has 0 saturated carbocycles. The fourth-order valence-electron chi connectivity index (χ4n) is 3.28. The van der Waals surface area contributed by atoms with Crippen LogP contribution in [0.1, 0.15) is 50.7 Å². The predicted octanol–water partition coefficient (Wildman–Crippen LogP) is 7.32. The largest absolute Gasteiger partial charge is 0.493 e. The van der Waals surface area contributed by atoms with Crippen LogP contribution < -0.4 is 9.47 Å². The first-order chi connectivity index (χ1) is 16.2. The average Bonchev–Trinajstić information content (AvgIpc) is 2.80. The maximum absolute atomic E-state index is 12.8. The second-order valence-corrected chi connectivity index (χ2v) is 9.12. The molecular formula is C26H33F3O4S. The van der Waals surface area contributed by atoms with Crippen LogP contribution >= 0.6 is 11.8 Å². The number of esters is 1. The van der Waals surface area contributed by atoms with Crippen LogP contribution in [-0.4, -0.2) is 31.5 Å². The van der Waals surface area contributed by atoms with Crippen LogP contribution in [0, 0.1) is 12.8 Å². The summed E-state index contributed by atoms with van der Waals surface area (Å²) in [6, 6.07) is 10.7. The number of carbonyl (C=O) groups excluding carboxylic acids is 1. The highest BCUT2D eigenvalue weighted by molar-refractivity contribution is 7.99. The van der Waals surface area contributed by atoms with Crippen LogP contribution in [0.15, 0.2) is 47.4 Å². The number of ether oxygens (including phenoxy) is 3. The molecular weight excluding hydrogens is 465 g/mol. The molecule has 188 valence electrons. The van der Waals surface area contributed by atoms with Crippen molar-refractivity contribution in [2.45, 2.75) is 57.5 Å². The number of alkyl halides is 3. The zero-order chi connectivity index (χ0) is 25.0. The number of hydrogen-bond donors (Lipinski definition) is 0. The van der Waals surface area contributed by atoms with Gasteiger partial charge in [0.15, 0.2) is 6.61 Å². The summed E-state index contributed by atoms with van der Waals surface area (Å²) in [6.07, 6.45) is -0.0342. The lowest BCUT2D eigenvalue weighted by atomic mass is 10.0. The smallest absolute Gasteiger partial charge is 0.416 e. The molecule has 8 heteroatoms. The van der Waals surface area contributed by atoms with Crippen molar-refractivity contribution in [2.24, 2.45) is 5.92 Å². The number of carbonyl (C=O) groups is 1. The summed E-state index contributed by atoms with van der Waals surface area (Å²) >= 11 is 1.71. The molecule has 0 spiro atoms. The van der Waals surface area contributed by atoms with E-state index in [1.54, 1.807) is 18.7 Å². The number of aryl methyl sites for hydroxylation is 1. The maximum atomic E-state index is 12.8. The molecule has 0 fully saturated rings. The van der Waals surface area contributed by atoms with Crippen molar-refractivity contribution in [3.8, 4) is 11.5 Å². The van der Waals surface area contributed by atoms with Gasteiger partial charge in [-0.05, 0) is 68.3 Å². The molecule has 0 saturated heterocycles. The summed E-state index contributed by atoms with van der Waals surface area (Å²) in [5, 5.41) is 0. The second-order valence-electron chi connectivity index (χ2n) is 8.03. The van der Waals surface area contributed by atoms with Crippen molar-refractivity contribution >= 4 is 17.7 Å². The van der Waals surface area contributed by atoms with Gasteiger partial charge in [-0.2, -0.15) is 13.2 Å². The Morgan fingerprint density at radius 3 is 2.38 bits per heavy atom. The van der Waals surface area contributed by atoms with E-state index in [-0.39, 0.29) is 12.5 Å². The molecule has 0 aliphatic rings. The van der Waals surface area contributed by atoms with Gasteiger partial charge in [0.05, 0.1) is 18.8 Å². The molecule has 2 rings (SSSR count). The van der Waals surface area contributed by atoms with Crippen LogP contribution in [0.3, 0.4) is 0 Å². The van der Waals surface area contributed by atoms with Crippen LogP contribution in [-0.2, 0) is 15.7 Å². The first kappa shape index (κ1) is 27.9. The highest BCUT2D eigenvalue weighted by atomic mass is 32.2. The first-order valence-corrected chi connectivity index (χ1v) is 12.5. The van der Waals surface area contributed by atoms with Crippen LogP contribution in [0.5, 0.6) is 11.5 Å². The van der Waals surface area contributed by atoms with E-state index in [0.717, 1.165) is 54.0 Å². The standard InChI is InChI=1S/C26H33F3O4S/c1-4-6-7-8-20(16-32-22-11-9-21(10-12-22)26(27,28)29)18-34-23-13-14-24(19(3)15-23)33-17-25(30)31-5-2/h9-15,20H,4-8,16-18H2,1-3H3. The van der Waals surface area contributed by atoms with Crippen LogP contribution in [0.2, 0.25) is 0 Å². The topological polar surface area (TPSA) is 44.8 Å². The molecule has 0 aromatic heterocycles. The Morgan fingerprint density at radius 2 is 1.76 bits per heavy atom. The number of halogens is 3. The van der Waals surface area contributed by atoms with Gasteiger partial charge in [0.2, 0.25) is 0 Å². The Bertz CT molecular complexity index is 885. The van der Waals surface area contributed by atoms with E-state index < -0.39 is 17.7 Å². The zero-order valence-corrected chi connectivity index (χ0v) is 20.8. The van der Waals surface area contributed by atoms with Crippen molar-refractivity contribution in [1.29, 1.82) is 0 Å². The normalized spacial score (nSPS) is 12.3. The third-order valence-electron chi connectivity index (χ3n) is 5.17. The zero-order valence-electron chi connectivity index (χ0n) is 20.0. The van der Waals surface area contributed by atoms with E-state index in [0.29, 0.717) is 24.7 Å². The lowest BCUT2D eigenvalue weighted by Gasteiger charge is -2.18. The van der Waals surface area contributed by atoms with Gasteiger partial charge in [0.1, 0.15) is 11.5 Å². The van der Waals surface area contributed by atoms with E-state index >= 15 is 0 Å². The Hall–Kier alpha value is -2.35. The molecule has 0 aliphatic heterocycles. The number of benzene rings is 2. The summed E-state index contributed by atoms with van der Waals surface area (Å²) in [4.78, 5) is 12.6. The number of hydrogen-bond acceptors (Lipinski definition) is 5. The predicted molar refractivity (Wildman–Crippen MR) is 129 cm³/mol. The average molecular weight is 499 g/mol. The monoisotopic (exact) mass is 498 g/mol. The lowest BCUT2D eigenvalue weighted by Crippen LogP contribution is -2.15. The number of unbranched alkanes of at least 4 members (excludes halogenated alkanes) is 2. The van der Waals surface area contributed by atoms with Crippen molar-refractivity contribution in [3.63, 3.8) is 0 Å². The Morgan fingerprint density at radius 1 is 1.03 bits per heavy atom. The first-order valence-electron chi connectivity index (χ1n) is 11.5. The summed E-state index contributed by atoms with van der Waals surface area (Å²) in [5.74, 6) is 1.77. The van der Waals surface area contributed by atoms with Crippen LogP contribution in [0.25, 0.3) is 0 Å². The van der Waals surface area contributed by atoms with Gasteiger partial charge in [-0.1, -0.05) is 26.2 Å². The highest BCUT2D eigenvalue weighted by Crippen LogP contribution is 2.31. The molecule has 1 atom stereocenters. The van der Waals surface area contributed by atoms with Gasteiger partial charge in [0.25, 0.3) is 0 Å². The third kappa shape index (κ3) is 9.87. The van der Waals surface area contributed by atoms with Gasteiger partial charge >= 0.3 is 12.1 Å². The SMILES string of the molecule is CCCCCC(COc1ccc(C(F)(F)F)cc1)CSc1ccc(OCC(=O)OCC)c(C)c1. The molecule has 1 unspecified atom stereocenters. The molecule has 0 amide bonds. The van der Waals surface area contributed by atoms with E-state index in [9.17, 15) is 18.0 Å². The number of thioether (sulfide) groups is 1. The van der Waals surface area contributed by atoms with Gasteiger partial charge in [-0.3, -0.25) is 0 Å². The molecule has 0 radical (unpaired) electrons. The molecule has 2 aromatic carbocycles. The van der Waals surface area contributed by atoms with Gasteiger partial charge in [0, 0.05) is 16.6 Å². The molecule has 2 aromatic rings. The van der Waals surface area contributed by atoms with E-state index in [4.69, 9.17) is 14.2 Å². The molecule has 4 nitrogen and oxygen atoms in total. The minimum Gasteiger partial charge on any atom is -0.493 e. The Kier molecular flexibility index (Phi) is 11.6. The van der Waals surface area contributed by atoms with E-state index in [1.165, 1.54) is 12.1 Å². The highest BCUT2D eigenvalue weighted by Gasteiger charge is 2.30. The molecule has 0 bridgehead atoms. The molecule has 0 N–H and O–H groups in total. The Balaban J connectivity index is 1.92. The summed E-state index contributed by atoms with van der Waals surface area (Å²) in [5.41, 5.74) is 0.248. The lowest BCUT2D eigenvalue weighted by molar-refractivity contribution is -0.145. The summed E-state index contributed by atoms with van der Waals surface area (Å²) in [7, 11) is 0. The quantitative estimate of drug-likeness (QED) is 0.155. The summed E-state index contributed by atoms with van der Waals surface area (Å²) in [6.45, 7) is 6.47. The van der Waals surface area contributed by atoms with Gasteiger partial charge in [-0.15, -0.1) is 11.8 Å². The van der Waals surface area contributed by atoms with Crippen LogP contribution in [0.4, 0.5) is 13.2 Å². The van der Waals surface area contributed by atoms with Crippen molar-refractivity contribution in [2.75, 3.05) is 25.6 Å². The second kappa shape index (κ2) is 14.1. The maximum Gasteiger partial charge on any atom is 0.416 e. The fourth-order valence-corrected chi connectivity index (χ4v) is 4.39. The van der Waals surface area contributed by atoms with Crippen molar-refractivity contribution < 1.29 is 32.2 Å². The minimum absolute atomic E-state index is 0.123. The molecule has 34 heavy (non-hydrogen) atoms. The van der Waals surface area contributed by atoms with E-state index in [2.05, 4.69) is 6.92 Å². The third-order valence-corrected chi connectivity index (χ3v) is 6.39. The molecule has 0 heterocycles. The summed E-state index contributed by atoms with van der Waals surface area (Å²) < 4.78 is 54.5. The number of rotatable bonds is 14. The Labute approximate surface area is 204 Å². The minimum atomic E-state index is -4.35. The fraction of sp³-hybridized carbons (Fsp3) is 0.500. The van der Waals surface area contributed by atoms with E-state index in [1.807, 2.05) is 25.1 Å². The molecule has 0 aliphatic carbocycles. The van der Waals surface area contributed by atoms with Gasteiger partial charge in [-0.25, -0.2) is 4.79 Å². The van der Waals surface area contributed by atoms with Crippen molar-refractivity contribution in [3.05, 3.63) is 53.6 Å².